The molecule has 0 radical (unpaired) electrons. The summed E-state index contributed by atoms with van der Waals surface area (Å²) in [6.07, 6.45) is 4.99. The summed E-state index contributed by atoms with van der Waals surface area (Å²) < 4.78 is 19.1. The van der Waals surface area contributed by atoms with Crippen LogP contribution in [-0.2, 0) is 12.8 Å². The van der Waals surface area contributed by atoms with Crippen molar-refractivity contribution in [3.05, 3.63) is 65.0 Å². The molecule has 1 aliphatic carbocycles. The van der Waals surface area contributed by atoms with E-state index in [1.54, 1.807) is 12.1 Å². The molecule has 118 valence electrons. The third-order valence-electron chi connectivity index (χ3n) is 4.38. The van der Waals surface area contributed by atoms with Gasteiger partial charge in [-0.2, -0.15) is 5.26 Å². The van der Waals surface area contributed by atoms with E-state index in [0.717, 1.165) is 24.2 Å². The van der Waals surface area contributed by atoms with E-state index in [9.17, 15) is 9.65 Å². The summed E-state index contributed by atoms with van der Waals surface area (Å²) in [4.78, 5) is 0. The van der Waals surface area contributed by atoms with E-state index >= 15 is 0 Å². The average Bonchev–Trinajstić information content (AvgIpc) is 3.02. The van der Waals surface area contributed by atoms with Crippen molar-refractivity contribution in [1.82, 2.24) is 0 Å². The second-order valence-corrected chi connectivity index (χ2v) is 6.01. The molecular formula is C20H20FNO. The van der Waals surface area contributed by atoms with Gasteiger partial charge >= 0.3 is 0 Å². The molecule has 0 N–H and O–H groups in total. The largest absolute Gasteiger partial charge is 0.494 e. The van der Waals surface area contributed by atoms with Gasteiger partial charge in [-0.05, 0) is 73.1 Å². The minimum atomic E-state index is -0.294. The highest BCUT2D eigenvalue weighted by Gasteiger charge is 2.13. The van der Waals surface area contributed by atoms with Crippen LogP contribution in [0.3, 0.4) is 0 Å². The maximum Gasteiger partial charge on any atom is 0.123 e. The molecule has 0 spiro atoms. The van der Waals surface area contributed by atoms with Crippen LogP contribution < -0.4 is 4.74 Å². The molecule has 1 aliphatic rings. The van der Waals surface area contributed by atoms with E-state index in [-0.39, 0.29) is 11.7 Å². The van der Waals surface area contributed by atoms with Gasteiger partial charge < -0.3 is 4.74 Å². The third kappa shape index (κ3) is 3.90. The van der Waals surface area contributed by atoms with Crippen LogP contribution in [-0.4, -0.2) is 6.61 Å². The minimum Gasteiger partial charge on any atom is -0.494 e. The molecule has 2 nitrogen and oxygen atoms in total. The molecule has 0 fully saturated rings. The molecule has 0 saturated heterocycles. The number of aryl methyl sites for hydroxylation is 2. The molecule has 0 bridgehead atoms. The second kappa shape index (κ2) is 7.28. The lowest BCUT2D eigenvalue weighted by Gasteiger charge is -2.11. The molecule has 2 aromatic carbocycles. The maximum atomic E-state index is 13.2. The number of hydrogen-bond acceptors (Lipinski definition) is 2. The molecule has 2 aromatic rings. The van der Waals surface area contributed by atoms with E-state index < -0.39 is 0 Å². The first kappa shape index (κ1) is 15.6. The van der Waals surface area contributed by atoms with Crippen LogP contribution in [0.25, 0.3) is 0 Å². The number of halogens is 1. The fourth-order valence-electron chi connectivity index (χ4n) is 3.14. The van der Waals surface area contributed by atoms with E-state index in [4.69, 9.17) is 4.74 Å². The topological polar surface area (TPSA) is 33.0 Å². The number of rotatable bonds is 6. The van der Waals surface area contributed by atoms with Gasteiger partial charge in [-0.25, -0.2) is 4.39 Å². The van der Waals surface area contributed by atoms with Crippen LogP contribution in [0.15, 0.2) is 42.5 Å². The first-order valence-electron chi connectivity index (χ1n) is 8.16. The molecule has 3 rings (SSSR count). The Morgan fingerprint density at radius 1 is 1.13 bits per heavy atom. The lowest BCUT2D eigenvalue weighted by atomic mass is 9.96. The number of nitrogens with zero attached hydrogens (tertiary/aromatic N) is 1. The van der Waals surface area contributed by atoms with Gasteiger partial charge in [-0.3, -0.25) is 0 Å². The van der Waals surface area contributed by atoms with Gasteiger partial charge in [0.1, 0.15) is 11.6 Å². The molecule has 23 heavy (non-hydrogen) atoms. The summed E-state index contributed by atoms with van der Waals surface area (Å²) in [6.45, 7) is 0.576. The van der Waals surface area contributed by atoms with Gasteiger partial charge in [-0.15, -0.1) is 0 Å². The molecule has 1 unspecified atom stereocenters. The van der Waals surface area contributed by atoms with Crippen LogP contribution in [0.4, 0.5) is 4.39 Å². The Morgan fingerprint density at radius 2 is 2.00 bits per heavy atom. The van der Waals surface area contributed by atoms with Gasteiger partial charge in [0.05, 0.1) is 18.6 Å². The Morgan fingerprint density at radius 3 is 2.83 bits per heavy atom. The van der Waals surface area contributed by atoms with Crippen LogP contribution >= 0.6 is 0 Å². The SMILES string of the molecule is N#CC(CCCOc1ccc2c(c1)CCC2)c1cccc(F)c1. The van der Waals surface area contributed by atoms with Gasteiger partial charge in [0.15, 0.2) is 0 Å². The lowest BCUT2D eigenvalue weighted by Crippen LogP contribution is -2.02. The van der Waals surface area contributed by atoms with E-state index in [1.807, 2.05) is 6.07 Å². The van der Waals surface area contributed by atoms with E-state index in [2.05, 4.69) is 18.2 Å². The van der Waals surface area contributed by atoms with Gasteiger partial charge in [0.25, 0.3) is 0 Å². The minimum absolute atomic E-state index is 0.283. The molecule has 0 heterocycles. The van der Waals surface area contributed by atoms with Crippen molar-refractivity contribution in [3.63, 3.8) is 0 Å². The summed E-state index contributed by atoms with van der Waals surface area (Å²) in [5, 5.41) is 9.28. The highest BCUT2D eigenvalue weighted by molar-refractivity contribution is 5.38. The van der Waals surface area contributed by atoms with Crippen molar-refractivity contribution in [3.8, 4) is 11.8 Å². The Labute approximate surface area is 136 Å². The van der Waals surface area contributed by atoms with Crippen molar-refractivity contribution in [2.24, 2.45) is 0 Å². The number of fused-ring (bicyclic) bond motifs is 1. The number of benzene rings is 2. The monoisotopic (exact) mass is 309 g/mol. The first-order valence-corrected chi connectivity index (χ1v) is 8.16. The van der Waals surface area contributed by atoms with Crippen molar-refractivity contribution >= 4 is 0 Å². The Hall–Kier alpha value is -2.34. The van der Waals surface area contributed by atoms with Gasteiger partial charge in [0, 0.05) is 0 Å². The highest BCUT2D eigenvalue weighted by Crippen LogP contribution is 2.26. The number of ether oxygens (including phenoxy) is 1. The van der Waals surface area contributed by atoms with Crippen molar-refractivity contribution < 1.29 is 9.13 Å². The van der Waals surface area contributed by atoms with Crippen LogP contribution in [0.1, 0.15) is 41.9 Å². The van der Waals surface area contributed by atoms with Crippen molar-refractivity contribution in [2.75, 3.05) is 6.61 Å². The highest BCUT2D eigenvalue weighted by atomic mass is 19.1. The standard InChI is InChI=1S/C20H20FNO/c21-19-8-2-6-16(12-19)18(14-22)7-3-11-23-20-10-9-15-4-1-5-17(15)13-20/h2,6,8-10,12-13,18H,1,3-5,7,11H2. The fraction of sp³-hybridized carbons (Fsp3) is 0.350. The Balaban J connectivity index is 1.50. The zero-order chi connectivity index (χ0) is 16.1. The number of nitriles is 1. The maximum absolute atomic E-state index is 13.2. The van der Waals surface area contributed by atoms with Crippen LogP contribution in [0.2, 0.25) is 0 Å². The molecular weight excluding hydrogens is 289 g/mol. The summed E-state index contributed by atoms with van der Waals surface area (Å²) in [6, 6.07) is 14.9. The predicted octanol–water partition coefficient (Wildman–Crippen LogP) is 4.78. The smallest absolute Gasteiger partial charge is 0.123 e. The van der Waals surface area contributed by atoms with Crippen LogP contribution in [0, 0.1) is 17.1 Å². The third-order valence-corrected chi connectivity index (χ3v) is 4.38. The molecule has 0 amide bonds. The molecule has 1 atom stereocenters. The Bertz CT molecular complexity index is 720. The quantitative estimate of drug-likeness (QED) is 0.719. The van der Waals surface area contributed by atoms with Crippen molar-refractivity contribution in [1.29, 1.82) is 5.26 Å². The molecule has 3 heteroatoms. The first-order chi connectivity index (χ1) is 11.3. The van der Waals surface area contributed by atoms with Gasteiger partial charge in [0.2, 0.25) is 0 Å². The Kier molecular flexibility index (Phi) is 4.92. The van der Waals surface area contributed by atoms with Crippen molar-refractivity contribution in [2.45, 2.75) is 38.0 Å². The molecule has 0 aliphatic heterocycles. The zero-order valence-electron chi connectivity index (χ0n) is 13.1. The lowest BCUT2D eigenvalue weighted by molar-refractivity contribution is 0.304. The second-order valence-electron chi connectivity index (χ2n) is 6.01. The predicted molar refractivity (Wildman–Crippen MR) is 88.0 cm³/mol. The number of hydrogen-bond donors (Lipinski definition) is 0. The van der Waals surface area contributed by atoms with Crippen LogP contribution in [0.5, 0.6) is 5.75 Å². The zero-order valence-corrected chi connectivity index (χ0v) is 13.1. The summed E-state index contributed by atoms with van der Waals surface area (Å²) in [7, 11) is 0. The summed E-state index contributed by atoms with van der Waals surface area (Å²) in [5.41, 5.74) is 3.58. The molecule has 0 saturated carbocycles. The summed E-state index contributed by atoms with van der Waals surface area (Å²) in [5.74, 6) is 0.330. The summed E-state index contributed by atoms with van der Waals surface area (Å²) >= 11 is 0. The fourth-order valence-corrected chi connectivity index (χ4v) is 3.14. The van der Waals surface area contributed by atoms with E-state index in [0.29, 0.717) is 13.0 Å². The molecule has 0 aromatic heterocycles. The van der Waals surface area contributed by atoms with Gasteiger partial charge in [-0.1, -0.05) is 18.2 Å². The van der Waals surface area contributed by atoms with E-state index in [1.165, 1.54) is 36.1 Å². The average molecular weight is 309 g/mol. The normalized spacial score (nSPS) is 14.1.